The second kappa shape index (κ2) is 14.3. The van der Waals surface area contributed by atoms with Crippen LogP contribution in [0.3, 0.4) is 0 Å². The summed E-state index contributed by atoms with van der Waals surface area (Å²) in [5.74, 6) is -2.81. The van der Waals surface area contributed by atoms with E-state index in [2.05, 4.69) is 10.5 Å². The Morgan fingerprint density at radius 2 is 1.67 bits per heavy atom. The number of rotatable bonds is 13. The molecule has 0 radical (unpaired) electrons. The molecule has 0 saturated carbocycles. The maximum absolute atomic E-state index is 14.4. The van der Waals surface area contributed by atoms with Crippen molar-refractivity contribution in [2.24, 2.45) is 5.18 Å². The van der Waals surface area contributed by atoms with Crippen molar-refractivity contribution in [1.82, 2.24) is 5.32 Å². The summed E-state index contributed by atoms with van der Waals surface area (Å²) in [4.78, 5) is 22.2. The predicted molar refractivity (Wildman–Crippen MR) is 159 cm³/mol. The standard InChI is InChI=1S/C30H25Cl2F2N3O6/c31-21-10-18(12-36-25(13-38)30(39)40)26(42-14-16-7-8-24(37-41)23(35)9-16)11-27(21)43-15-17-3-1-4-19(28(17)32)20-5-2-6-22(33)29(20)34/h1-11,25,36,38H,12-15,35H2,(H,39,40). The van der Waals surface area contributed by atoms with Crippen molar-refractivity contribution < 1.29 is 33.3 Å². The number of nitrogens with one attached hydrogen (secondary N) is 1. The first kappa shape index (κ1) is 31.6. The molecule has 4 rings (SSSR count). The molecule has 0 amide bonds. The third-order valence-electron chi connectivity index (χ3n) is 6.42. The van der Waals surface area contributed by atoms with Gasteiger partial charge in [-0.2, -0.15) is 0 Å². The number of anilines is 1. The van der Waals surface area contributed by atoms with E-state index in [0.29, 0.717) is 16.7 Å². The summed E-state index contributed by atoms with van der Waals surface area (Å²) in [6.45, 7) is -0.762. The second-order valence-corrected chi connectivity index (χ2v) is 10.1. The number of nitrogens with zero attached hydrogens (tertiary/aromatic N) is 1. The summed E-state index contributed by atoms with van der Waals surface area (Å²) in [6.07, 6.45) is 0. The summed E-state index contributed by atoms with van der Waals surface area (Å²) in [5, 5.41) is 24.5. The van der Waals surface area contributed by atoms with Crippen molar-refractivity contribution >= 4 is 40.5 Å². The van der Waals surface area contributed by atoms with Gasteiger partial charge in [0.15, 0.2) is 11.6 Å². The average Bonchev–Trinajstić information content (AvgIpc) is 2.98. The van der Waals surface area contributed by atoms with Crippen LogP contribution in [0.1, 0.15) is 16.7 Å². The largest absolute Gasteiger partial charge is 0.488 e. The first-order chi connectivity index (χ1) is 20.6. The Morgan fingerprint density at radius 1 is 0.953 bits per heavy atom. The summed E-state index contributed by atoms with van der Waals surface area (Å²) < 4.78 is 40.2. The Labute approximate surface area is 254 Å². The summed E-state index contributed by atoms with van der Waals surface area (Å²) in [6, 6.07) is 15.0. The number of nitroso groups, excluding NO2 is 1. The lowest BCUT2D eigenvalue weighted by Crippen LogP contribution is -2.39. The first-order valence-corrected chi connectivity index (χ1v) is 13.5. The fourth-order valence-electron chi connectivity index (χ4n) is 4.13. The van der Waals surface area contributed by atoms with Crippen LogP contribution in [0.2, 0.25) is 10.0 Å². The van der Waals surface area contributed by atoms with Crippen LogP contribution in [0.5, 0.6) is 11.5 Å². The Kier molecular flexibility index (Phi) is 10.5. The molecular formula is C30H25Cl2F2N3O6. The number of hydrogen-bond donors (Lipinski definition) is 4. The van der Waals surface area contributed by atoms with Gasteiger partial charge in [-0.05, 0) is 35.0 Å². The van der Waals surface area contributed by atoms with E-state index in [1.54, 1.807) is 24.3 Å². The molecule has 0 heterocycles. The number of hydrogen-bond acceptors (Lipinski definition) is 8. The molecule has 5 N–H and O–H groups in total. The molecule has 0 bridgehead atoms. The van der Waals surface area contributed by atoms with Gasteiger partial charge >= 0.3 is 5.97 Å². The SMILES string of the molecule is Nc1cc(COc2cc(OCc3cccc(-c4cccc(F)c4F)c3Cl)c(Cl)cc2CNC(CO)C(=O)O)ccc1N=O. The van der Waals surface area contributed by atoms with Crippen LogP contribution in [0.15, 0.2) is 71.9 Å². The van der Waals surface area contributed by atoms with Crippen LogP contribution < -0.4 is 20.5 Å². The van der Waals surface area contributed by atoms with E-state index in [9.17, 15) is 28.7 Å². The molecule has 13 heteroatoms. The molecule has 0 aromatic heterocycles. The molecule has 9 nitrogen and oxygen atoms in total. The zero-order valence-corrected chi connectivity index (χ0v) is 23.8. The van der Waals surface area contributed by atoms with E-state index in [1.165, 1.54) is 36.4 Å². The maximum atomic E-state index is 14.4. The Balaban J connectivity index is 1.60. The molecule has 0 aliphatic heterocycles. The number of aliphatic hydroxyl groups is 1. The monoisotopic (exact) mass is 631 g/mol. The van der Waals surface area contributed by atoms with Gasteiger partial charge in [-0.1, -0.05) is 59.6 Å². The number of aliphatic carboxylic acids is 1. The lowest BCUT2D eigenvalue weighted by atomic mass is 10.0. The van der Waals surface area contributed by atoms with Crippen molar-refractivity contribution in [1.29, 1.82) is 0 Å². The van der Waals surface area contributed by atoms with E-state index in [0.717, 1.165) is 6.07 Å². The van der Waals surface area contributed by atoms with Gasteiger partial charge in [0.25, 0.3) is 0 Å². The van der Waals surface area contributed by atoms with E-state index in [1.807, 2.05) is 0 Å². The highest BCUT2D eigenvalue weighted by molar-refractivity contribution is 6.34. The molecule has 0 aliphatic rings. The van der Waals surface area contributed by atoms with E-state index >= 15 is 0 Å². The molecule has 1 unspecified atom stereocenters. The molecule has 4 aromatic carbocycles. The zero-order valence-electron chi connectivity index (χ0n) is 22.3. The lowest BCUT2D eigenvalue weighted by Gasteiger charge is -2.18. The number of carboxylic acid groups (broad SMARTS) is 1. The molecule has 224 valence electrons. The number of ether oxygens (including phenoxy) is 2. The smallest absolute Gasteiger partial charge is 0.323 e. The minimum atomic E-state index is -1.24. The van der Waals surface area contributed by atoms with E-state index in [4.69, 9.17) is 38.4 Å². The third kappa shape index (κ3) is 7.57. The quantitative estimate of drug-likeness (QED) is 0.0953. The van der Waals surface area contributed by atoms with E-state index in [-0.39, 0.29) is 63.8 Å². The van der Waals surface area contributed by atoms with Crippen LogP contribution >= 0.6 is 23.2 Å². The van der Waals surface area contributed by atoms with Crippen LogP contribution in [-0.4, -0.2) is 28.8 Å². The summed E-state index contributed by atoms with van der Waals surface area (Å²) in [7, 11) is 0. The number of carboxylic acids is 1. The van der Waals surface area contributed by atoms with Crippen LogP contribution in [0, 0.1) is 16.5 Å². The van der Waals surface area contributed by atoms with Gasteiger partial charge in [0, 0.05) is 34.9 Å². The molecular weight excluding hydrogens is 607 g/mol. The highest BCUT2D eigenvalue weighted by Crippen LogP contribution is 2.37. The van der Waals surface area contributed by atoms with Crippen LogP contribution in [0.4, 0.5) is 20.2 Å². The summed E-state index contributed by atoms with van der Waals surface area (Å²) >= 11 is 13.1. The van der Waals surface area contributed by atoms with Crippen LogP contribution in [0.25, 0.3) is 11.1 Å². The number of nitrogen functional groups attached to an aromatic ring is 1. The maximum Gasteiger partial charge on any atom is 0.323 e. The van der Waals surface area contributed by atoms with Crippen molar-refractivity contribution in [3.05, 3.63) is 110 Å². The van der Waals surface area contributed by atoms with Crippen molar-refractivity contribution in [2.45, 2.75) is 25.8 Å². The van der Waals surface area contributed by atoms with Gasteiger partial charge in [0.2, 0.25) is 0 Å². The van der Waals surface area contributed by atoms with Gasteiger partial charge in [-0.25, -0.2) is 8.78 Å². The highest BCUT2D eigenvalue weighted by atomic mass is 35.5. The van der Waals surface area contributed by atoms with Crippen molar-refractivity contribution in [3.63, 3.8) is 0 Å². The Hall–Kier alpha value is -4.29. The highest BCUT2D eigenvalue weighted by Gasteiger charge is 2.19. The predicted octanol–water partition coefficient (Wildman–Crippen LogP) is 6.61. The van der Waals surface area contributed by atoms with Gasteiger partial charge in [0.1, 0.15) is 36.4 Å². The van der Waals surface area contributed by atoms with E-state index < -0.39 is 30.3 Å². The molecule has 0 aliphatic carbocycles. The molecule has 0 fully saturated rings. The Bertz CT molecular complexity index is 1660. The lowest BCUT2D eigenvalue weighted by molar-refractivity contribution is -0.140. The normalized spacial score (nSPS) is 11.7. The third-order valence-corrected chi connectivity index (χ3v) is 7.16. The molecule has 0 saturated heterocycles. The number of halogens is 4. The minimum absolute atomic E-state index is 0.00226. The molecule has 4 aromatic rings. The number of carbonyl (C=O) groups is 1. The fraction of sp³-hybridized carbons (Fsp3) is 0.167. The topological polar surface area (TPSA) is 143 Å². The fourth-order valence-corrected chi connectivity index (χ4v) is 4.65. The van der Waals surface area contributed by atoms with Gasteiger partial charge in [0.05, 0.1) is 22.3 Å². The molecule has 43 heavy (non-hydrogen) atoms. The van der Waals surface area contributed by atoms with Crippen LogP contribution in [-0.2, 0) is 24.6 Å². The summed E-state index contributed by atoms with van der Waals surface area (Å²) in [5.41, 5.74) is 7.92. The van der Waals surface area contributed by atoms with Crippen molar-refractivity contribution in [2.75, 3.05) is 12.3 Å². The minimum Gasteiger partial charge on any atom is -0.488 e. The number of aliphatic hydroxyl groups excluding tert-OH is 1. The van der Waals surface area contributed by atoms with Gasteiger partial charge < -0.3 is 25.4 Å². The zero-order chi connectivity index (χ0) is 31.1. The second-order valence-electron chi connectivity index (χ2n) is 9.29. The van der Waals surface area contributed by atoms with Gasteiger partial charge in [-0.15, -0.1) is 4.91 Å². The Morgan fingerprint density at radius 3 is 2.37 bits per heavy atom. The first-order valence-electron chi connectivity index (χ1n) is 12.7. The van der Waals surface area contributed by atoms with Crippen molar-refractivity contribution in [3.8, 4) is 22.6 Å². The average molecular weight is 632 g/mol. The molecule has 0 spiro atoms. The number of benzene rings is 4. The molecule has 1 atom stereocenters. The number of nitrogens with two attached hydrogens (primary N) is 1. The van der Waals surface area contributed by atoms with Gasteiger partial charge in [-0.3, -0.25) is 10.1 Å².